The van der Waals surface area contributed by atoms with Gasteiger partial charge in [0.1, 0.15) is 0 Å². The van der Waals surface area contributed by atoms with Crippen molar-refractivity contribution in [1.29, 1.82) is 0 Å². The average Bonchev–Trinajstić information content (AvgIpc) is 3.09. The summed E-state index contributed by atoms with van der Waals surface area (Å²) in [5.41, 5.74) is 2.10. The van der Waals surface area contributed by atoms with Crippen molar-refractivity contribution >= 4 is 33.4 Å². The third-order valence-corrected chi connectivity index (χ3v) is 5.36. The first-order valence-corrected chi connectivity index (χ1v) is 9.28. The lowest BCUT2D eigenvalue weighted by molar-refractivity contribution is -0.0193. The molecule has 3 aromatic rings. The quantitative estimate of drug-likeness (QED) is 0.745. The van der Waals surface area contributed by atoms with Crippen LogP contribution in [-0.4, -0.2) is 52.1 Å². The van der Waals surface area contributed by atoms with E-state index in [1.807, 2.05) is 36.6 Å². The number of carbonyl (C=O) groups is 1. The van der Waals surface area contributed by atoms with Crippen molar-refractivity contribution in [3.05, 3.63) is 47.2 Å². The van der Waals surface area contributed by atoms with Crippen LogP contribution in [-0.2, 0) is 4.74 Å². The molecule has 1 atom stereocenters. The smallest absolute Gasteiger partial charge is 0.274 e. The molecule has 0 aliphatic carbocycles. The number of aromatic nitrogens is 3. The maximum absolute atomic E-state index is 12.9. The summed E-state index contributed by atoms with van der Waals surface area (Å²) in [7, 11) is 1.66. The van der Waals surface area contributed by atoms with E-state index in [-0.39, 0.29) is 18.1 Å². The lowest BCUT2D eigenvalue weighted by atomic mass is 10.1. The maximum Gasteiger partial charge on any atom is 0.274 e. The largest absolute Gasteiger partial charge is 0.378 e. The summed E-state index contributed by atoms with van der Waals surface area (Å²) in [5.74, 6) is 0.350. The number of methoxy groups -OCH3 is 1. The predicted octanol–water partition coefficient (Wildman–Crippen LogP) is 2.73. The lowest BCUT2D eigenvalue weighted by Gasteiger charge is -2.37. The van der Waals surface area contributed by atoms with Crippen molar-refractivity contribution < 1.29 is 9.53 Å². The highest BCUT2D eigenvalue weighted by atomic mass is 32.1. The summed E-state index contributed by atoms with van der Waals surface area (Å²) in [6.45, 7) is 3.18. The van der Waals surface area contributed by atoms with Gasteiger partial charge in [-0.15, -0.1) is 11.3 Å². The Hall–Kier alpha value is -2.58. The molecule has 0 bridgehead atoms. The van der Waals surface area contributed by atoms with Crippen LogP contribution >= 0.6 is 11.3 Å². The molecular formula is C18H19N5O2S. The molecule has 7 nitrogen and oxygen atoms in total. The standard InChI is InChI=1S/C18H19N5O2S/c1-11(13-5-3-4-7-19-13)20-18-21-14-6-8-26-16(14)15(22-18)17(24)23-9-12(10-23)25-2/h3-8,11-12H,9-10H2,1-2H3,(H,20,21,22)/t11-/m0/s1. The van der Waals surface area contributed by atoms with Gasteiger partial charge < -0.3 is 15.0 Å². The number of hydrogen-bond acceptors (Lipinski definition) is 7. The number of pyridine rings is 1. The zero-order valence-electron chi connectivity index (χ0n) is 14.5. The number of rotatable bonds is 5. The van der Waals surface area contributed by atoms with Crippen molar-refractivity contribution in [2.24, 2.45) is 0 Å². The van der Waals surface area contributed by atoms with Crippen LogP contribution in [0.5, 0.6) is 0 Å². The second-order valence-electron chi connectivity index (χ2n) is 6.22. The van der Waals surface area contributed by atoms with E-state index in [1.165, 1.54) is 11.3 Å². The minimum Gasteiger partial charge on any atom is -0.378 e. The summed E-state index contributed by atoms with van der Waals surface area (Å²) >= 11 is 1.48. The van der Waals surface area contributed by atoms with Gasteiger partial charge in [0.15, 0.2) is 5.69 Å². The van der Waals surface area contributed by atoms with Gasteiger partial charge in [0.2, 0.25) is 5.95 Å². The first-order chi connectivity index (χ1) is 12.7. The van der Waals surface area contributed by atoms with E-state index in [0.717, 1.165) is 15.9 Å². The van der Waals surface area contributed by atoms with Gasteiger partial charge >= 0.3 is 0 Å². The van der Waals surface area contributed by atoms with E-state index in [0.29, 0.717) is 24.7 Å². The van der Waals surface area contributed by atoms with E-state index in [4.69, 9.17) is 4.74 Å². The summed E-state index contributed by atoms with van der Waals surface area (Å²) in [4.78, 5) is 28.0. The topological polar surface area (TPSA) is 80.2 Å². The molecule has 1 amide bonds. The number of thiophene rings is 1. The predicted molar refractivity (Wildman–Crippen MR) is 100 cm³/mol. The summed E-state index contributed by atoms with van der Waals surface area (Å²) in [5, 5.41) is 5.18. The molecule has 1 aliphatic rings. The van der Waals surface area contributed by atoms with Gasteiger partial charge in [-0.2, -0.15) is 0 Å². The molecule has 4 heterocycles. The molecule has 134 valence electrons. The number of fused-ring (bicyclic) bond motifs is 1. The van der Waals surface area contributed by atoms with Crippen LogP contribution in [0.25, 0.3) is 10.2 Å². The summed E-state index contributed by atoms with van der Waals surface area (Å²) in [6, 6.07) is 7.59. The number of ether oxygens (including phenoxy) is 1. The average molecular weight is 369 g/mol. The molecule has 1 aliphatic heterocycles. The Balaban J connectivity index is 1.61. The van der Waals surface area contributed by atoms with Crippen molar-refractivity contribution in [2.45, 2.75) is 19.1 Å². The molecular weight excluding hydrogens is 350 g/mol. The van der Waals surface area contributed by atoms with Gasteiger partial charge in [-0.3, -0.25) is 9.78 Å². The van der Waals surface area contributed by atoms with Crippen LogP contribution in [0, 0.1) is 0 Å². The summed E-state index contributed by atoms with van der Waals surface area (Å²) < 4.78 is 6.07. The Morgan fingerprint density at radius 1 is 1.35 bits per heavy atom. The molecule has 4 rings (SSSR count). The fourth-order valence-corrected chi connectivity index (χ4v) is 3.69. The van der Waals surface area contributed by atoms with Gasteiger partial charge in [0.05, 0.1) is 28.1 Å². The number of hydrogen-bond donors (Lipinski definition) is 1. The van der Waals surface area contributed by atoms with Crippen LogP contribution in [0.4, 0.5) is 5.95 Å². The first-order valence-electron chi connectivity index (χ1n) is 8.40. The highest BCUT2D eigenvalue weighted by molar-refractivity contribution is 7.17. The molecule has 0 aromatic carbocycles. The normalized spacial score (nSPS) is 15.7. The SMILES string of the molecule is COC1CN(C(=O)c2nc(N[C@@H](C)c3ccccn3)nc3ccsc23)C1. The van der Waals surface area contributed by atoms with E-state index in [9.17, 15) is 4.79 Å². The van der Waals surface area contributed by atoms with Crippen LogP contribution in [0.2, 0.25) is 0 Å². The minimum absolute atomic E-state index is 0.0721. The van der Waals surface area contributed by atoms with Crippen LogP contribution in [0.1, 0.15) is 29.1 Å². The zero-order valence-corrected chi connectivity index (χ0v) is 15.4. The van der Waals surface area contributed by atoms with E-state index in [2.05, 4.69) is 20.3 Å². The maximum atomic E-state index is 12.9. The molecule has 0 radical (unpaired) electrons. The number of nitrogens with zero attached hydrogens (tertiary/aromatic N) is 4. The van der Waals surface area contributed by atoms with Gasteiger partial charge in [-0.1, -0.05) is 6.07 Å². The van der Waals surface area contributed by atoms with E-state index >= 15 is 0 Å². The number of likely N-dealkylation sites (tertiary alicyclic amines) is 1. The van der Waals surface area contributed by atoms with Crippen molar-refractivity contribution in [3.63, 3.8) is 0 Å². The van der Waals surface area contributed by atoms with Crippen molar-refractivity contribution in [3.8, 4) is 0 Å². The van der Waals surface area contributed by atoms with Crippen LogP contribution in [0.15, 0.2) is 35.8 Å². The monoisotopic (exact) mass is 369 g/mol. The number of carbonyl (C=O) groups excluding carboxylic acids is 1. The molecule has 26 heavy (non-hydrogen) atoms. The first kappa shape index (κ1) is 16.9. The van der Waals surface area contributed by atoms with E-state index in [1.54, 1.807) is 18.2 Å². The molecule has 1 N–H and O–H groups in total. The highest BCUT2D eigenvalue weighted by Crippen LogP contribution is 2.27. The van der Waals surface area contributed by atoms with Gasteiger partial charge in [0, 0.05) is 26.4 Å². The Morgan fingerprint density at radius 3 is 2.92 bits per heavy atom. The third-order valence-electron chi connectivity index (χ3n) is 4.45. The third kappa shape index (κ3) is 3.13. The second kappa shape index (κ2) is 6.97. The molecule has 1 fully saturated rings. The number of amides is 1. The molecule has 3 aromatic heterocycles. The van der Waals surface area contributed by atoms with Crippen LogP contribution in [0.3, 0.4) is 0 Å². The van der Waals surface area contributed by atoms with Crippen molar-refractivity contribution in [2.75, 3.05) is 25.5 Å². The Labute approximate surface area is 155 Å². The Morgan fingerprint density at radius 2 is 2.19 bits per heavy atom. The van der Waals surface area contributed by atoms with E-state index < -0.39 is 0 Å². The van der Waals surface area contributed by atoms with Crippen molar-refractivity contribution in [1.82, 2.24) is 19.9 Å². The number of anilines is 1. The molecule has 1 saturated heterocycles. The fourth-order valence-electron chi connectivity index (χ4n) is 2.88. The molecule has 0 saturated carbocycles. The Bertz CT molecular complexity index is 924. The summed E-state index contributed by atoms with van der Waals surface area (Å²) in [6.07, 6.45) is 1.86. The van der Waals surface area contributed by atoms with Gasteiger partial charge in [-0.05, 0) is 30.5 Å². The minimum atomic E-state index is -0.0818. The number of nitrogens with one attached hydrogen (secondary N) is 1. The molecule has 0 unspecified atom stereocenters. The van der Waals surface area contributed by atoms with Gasteiger partial charge in [0.25, 0.3) is 5.91 Å². The fraction of sp³-hybridized carbons (Fsp3) is 0.333. The van der Waals surface area contributed by atoms with Crippen LogP contribution < -0.4 is 5.32 Å². The molecule has 8 heteroatoms. The second-order valence-corrected chi connectivity index (χ2v) is 7.14. The zero-order chi connectivity index (χ0) is 18.1. The highest BCUT2D eigenvalue weighted by Gasteiger charge is 2.33. The lowest BCUT2D eigenvalue weighted by Crippen LogP contribution is -2.54. The Kier molecular flexibility index (Phi) is 4.52. The molecule has 0 spiro atoms. The van der Waals surface area contributed by atoms with Gasteiger partial charge in [-0.25, -0.2) is 9.97 Å².